The minimum Gasteiger partial charge on any atom is -0.483 e. The van der Waals surface area contributed by atoms with Crippen molar-refractivity contribution in [3.05, 3.63) is 0 Å². The number of amides is 1. The molecule has 0 aromatic rings. The highest BCUT2D eigenvalue weighted by molar-refractivity contribution is 5.76. The summed E-state index contributed by atoms with van der Waals surface area (Å²) in [6, 6.07) is 0. The molecule has 1 spiro atoms. The van der Waals surface area contributed by atoms with Crippen LogP contribution < -0.4 is 10.6 Å². The molecule has 7 nitrogen and oxygen atoms in total. The molecule has 1 amide bonds. The molecular weight excluding hydrogens is 324 g/mol. The van der Waals surface area contributed by atoms with Crippen LogP contribution in [0.4, 0.5) is 0 Å². The van der Waals surface area contributed by atoms with Gasteiger partial charge in [-0.3, -0.25) is 19.7 Å². The lowest BCUT2D eigenvalue weighted by molar-refractivity contribution is -0.151. The Kier molecular flexibility index (Phi) is 10.1. The second kappa shape index (κ2) is 11.8. The molecule has 2 atom stereocenters. The zero-order valence-electron chi connectivity index (χ0n) is 15.2. The molecule has 7 heteroatoms. The van der Waals surface area contributed by atoms with Gasteiger partial charge in [0, 0.05) is 6.42 Å². The van der Waals surface area contributed by atoms with Gasteiger partial charge < -0.3 is 15.2 Å². The van der Waals surface area contributed by atoms with E-state index in [0.29, 0.717) is 19.0 Å². The molecule has 2 fully saturated rings. The first-order valence-corrected chi connectivity index (χ1v) is 9.31. The van der Waals surface area contributed by atoms with Gasteiger partial charge in [0.25, 0.3) is 6.47 Å². The largest absolute Gasteiger partial charge is 0.483 e. The first-order valence-electron chi connectivity index (χ1n) is 9.31. The summed E-state index contributed by atoms with van der Waals surface area (Å²) in [7, 11) is 0. The van der Waals surface area contributed by atoms with Crippen LogP contribution in [0.2, 0.25) is 0 Å². The SMILES string of the molecule is CC1CC12CCCCCCCCCC(=O)NCNCC(=O)O2.O=CO. The van der Waals surface area contributed by atoms with Gasteiger partial charge in [-0.15, -0.1) is 0 Å². The van der Waals surface area contributed by atoms with Crippen LogP contribution in [0.15, 0.2) is 0 Å². The van der Waals surface area contributed by atoms with E-state index in [4.69, 9.17) is 14.6 Å². The van der Waals surface area contributed by atoms with Crippen molar-refractivity contribution in [2.24, 2.45) is 5.92 Å². The topological polar surface area (TPSA) is 105 Å². The van der Waals surface area contributed by atoms with Crippen molar-refractivity contribution in [3.63, 3.8) is 0 Å². The highest BCUT2D eigenvalue weighted by Crippen LogP contribution is 2.50. The molecule has 0 aromatic carbocycles. The first-order chi connectivity index (χ1) is 12.0. The Hall–Kier alpha value is -1.63. The van der Waals surface area contributed by atoms with Crippen molar-refractivity contribution in [2.75, 3.05) is 13.2 Å². The molecule has 1 heterocycles. The Morgan fingerprint density at radius 3 is 2.28 bits per heavy atom. The average molecular weight is 356 g/mol. The van der Waals surface area contributed by atoms with Crippen LogP contribution >= 0.6 is 0 Å². The van der Waals surface area contributed by atoms with E-state index < -0.39 is 0 Å². The fourth-order valence-corrected chi connectivity index (χ4v) is 3.27. The molecule has 0 bridgehead atoms. The quantitative estimate of drug-likeness (QED) is 0.454. The molecule has 25 heavy (non-hydrogen) atoms. The van der Waals surface area contributed by atoms with Crippen LogP contribution in [0, 0.1) is 5.92 Å². The molecule has 144 valence electrons. The summed E-state index contributed by atoms with van der Waals surface area (Å²) in [6.07, 6.45) is 10.7. The summed E-state index contributed by atoms with van der Waals surface area (Å²) < 4.78 is 5.70. The van der Waals surface area contributed by atoms with E-state index in [2.05, 4.69) is 17.6 Å². The van der Waals surface area contributed by atoms with Gasteiger partial charge in [-0.1, -0.05) is 39.0 Å². The normalized spacial score (nSPS) is 29.4. The molecule has 3 N–H and O–H groups in total. The number of carbonyl (C=O) groups excluding carboxylic acids is 2. The molecular formula is C18H32N2O5. The molecule has 0 radical (unpaired) electrons. The summed E-state index contributed by atoms with van der Waals surface area (Å²) in [4.78, 5) is 31.9. The van der Waals surface area contributed by atoms with Crippen molar-refractivity contribution in [3.8, 4) is 0 Å². The Morgan fingerprint density at radius 1 is 1.12 bits per heavy atom. The third kappa shape index (κ3) is 8.86. The summed E-state index contributed by atoms with van der Waals surface area (Å²) in [5.41, 5.74) is -0.198. The highest BCUT2D eigenvalue weighted by Gasteiger charge is 2.54. The Morgan fingerprint density at radius 2 is 1.68 bits per heavy atom. The third-order valence-corrected chi connectivity index (χ3v) is 4.89. The van der Waals surface area contributed by atoms with Crippen molar-refractivity contribution >= 4 is 18.3 Å². The fraction of sp³-hybridized carbons (Fsp3) is 0.833. The van der Waals surface area contributed by atoms with E-state index in [-0.39, 0.29) is 30.5 Å². The van der Waals surface area contributed by atoms with Crippen molar-refractivity contribution < 1.29 is 24.2 Å². The molecule has 0 aromatic heterocycles. The third-order valence-electron chi connectivity index (χ3n) is 4.89. The van der Waals surface area contributed by atoms with Crippen LogP contribution in [0.3, 0.4) is 0 Å². The van der Waals surface area contributed by atoms with Crippen LogP contribution in [-0.2, 0) is 19.1 Å². The lowest BCUT2D eigenvalue weighted by Crippen LogP contribution is -2.38. The maximum absolute atomic E-state index is 11.9. The number of hydrogen-bond acceptors (Lipinski definition) is 5. The number of ether oxygens (including phenoxy) is 1. The van der Waals surface area contributed by atoms with Gasteiger partial charge in [-0.2, -0.15) is 0 Å². The molecule has 1 saturated heterocycles. The maximum Gasteiger partial charge on any atom is 0.320 e. The predicted molar refractivity (Wildman–Crippen MR) is 93.9 cm³/mol. The fourth-order valence-electron chi connectivity index (χ4n) is 3.27. The van der Waals surface area contributed by atoms with Gasteiger partial charge in [-0.05, 0) is 31.6 Å². The van der Waals surface area contributed by atoms with Gasteiger partial charge in [0.05, 0.1) is 13.2 Å². The molecule has 2 rings (SSSR count). The minimum atomic E-state index is -0.250. The van der Waals surface area contributed by atoms with E-state index >= 15 is 0 Å². The van der Waals surface area contributed by atoms with Crippen LogP contribution in [0.1, 0.15) is 71.1 Å². The number of rotatable bonds is 0. The number of esters is 1. The average Bonchev–Trinajstić information content (AvgIpc) is 3.19. The number of carbonyl (C=O) groups is 3. The first kappa shape index (κ1) is 21.4. The standard InChI is InChI=1S/C17H30N2O3.CH2O2/c1-14-11-17(14)10-8-6-4-2-3-5-7-9-15(20)19-13-18-12-16(21)22-17;2-1-3/h14,18H,2-13H2,1H3,(H,19,20);1H,(H,2,3). The van der Waals surface area contributed by atoms with Gasteiger partial charge in [-0.25, -0.2) is 0 Å². The lowest BCUT2D eigenvalue weighted by atomic mass is 10.0. The van der Waals surface area contributed by atoms with E-state index in [0.717, 1.165) is 32.1 Å². The molecule has 2 aliphatic rings. The van der Waals surface area contributed by atoms with Gasteiger partial charge >= 0.3 is 5.97 Å². The summed E-state index contributed by atoms with van der Waals surface area (Å²) in [5.74, 6) is 0.332. The van der Waals surface area contributed by atoms with Crippen LogP contribution in [0.5, 0.6) is 0 Å². The van der Waals surface area contributed by atoms with Crippen molar-refractivity contribution in [2.45, 2.75) is 76.7 Å². The monoisotopic (exact) mass is 356 g/mol. The van der Waals surface area contributed by atoms with Crippen LogP contribution in [-0.4, -0.2) is 42.3 Å². The summed E-state index contributed by atoms with van der Waals surface area (Å²) in [6.45, 7) is 2.40. The number of carboxylic acid groups (broad SMARTS) is 1. The van der Waals surface area contributed by atoms with Crippen molar-refractivity contribution in [1.82, 2.24) is 10.6 Å². The summed E-state index contributed by atoms with van der Waals surface area (Å²) in [5, 5.41) is 12.6. The van der Waals surface area contributed by atoms with Gasteiger partial charge in [0.15, 0.2) is 0 Å². The molecule has 1 aliphatic heterocycles. The highest BCUT2D eigenvalue weighted by atomic mass is 16.6. The van der Waals surface area contributed by atoms with E-state index in [1.54, 1.807) is 0 Å². The smallest absolute Gasteiger partial charge is 0.320 e. The number of nitrogens with one attached hydrogen (secondary N) is 2. The van der Waals surface area contributed by atoms with Crippen molar-refractivity contribution in [1.29, 1.82) is 0 Å². The van der Waals surface area contributed by atoms with E-state index in [1.165, 1.54) is 25.7 Å². The summed E-state index contributed by atoms with van der Waals surface area (Å²) >= 11 is 0. The zero-order chi connectivity index (χ0) is 18.5. The van der Waals surface area contributed by atoms with Crippen LogP contribution in [0.25, 0.3) is 0 Å². The second-order valence-electron chi connectivity index (χ2n) is 6.93. The minimum absolute atomic E-state index is 0.0532. The van der Waals surface area contributed by atoms with E-state index in [9.17, 15) is 9.59 Å². The van der Waals surface area contributed by atoms with Gasteiger partial charge in [0.1, 0.15) is 5.60 Å². The predicted octanol–water partition coefficient (Wildman–Crippen LogP) is 2.20. The molecule has 1 aliphatic carbocycles. The zero-order valence-corrected chi connectivity index (χ0v) is 15.2. The second-order valence-corrected chi connectivity index (χ2v) is 6.93. The lowest BCUT2D eigenvalue weighted by Gasteiger charge is -2.18. The Labute approximate surface area is 149 Å². The molecule has 2 unspecified atom stereocenters. The Balaban J connectivity index is 0.000000970. The molecule has 1 saturated carbocycles. The Bertz CT molecular complexity index is 430. The number of hydrogen-bond donors (Lipinski definition) is 3. The van der Waals surface area contributed by atoms with E-state index in [1.807, 2.05) is 0 Å². The maximum atomic E-state index is 11.9. The van der Waals surface area contributed by atoms with Gasteiger partial charge in [0.2, 0.25) is 5.91 Å².